The van der Waals surface area contributed by atoms with Crippen molar-refractivity contribution in [2.45, 2.75) is 0 Å². The van der Waals surface area contributed by atoms with E-state index in [0.717, 1.165) is 17.0 Å². The predicted molar refractivity (Wildman–Crippen MR) is 69.3 cm³/mol. The lowest BCUT2D eigenvalue weighted by molar-refractivity contribution is 0.146. The molecule has 0 aliphatic heterocycles. The summed E-state index contributed by atoms with van der Waals surface area (Å²) in [5.41, 5.74) is 7.29. The lowest BCUT2D eigenvalue weighted by atomic mass is 10.1. The van der Waals surface area contributed by atoms with Gasteiger partial charge in [0.1, 0.15) is 24.5 Å². The van der Waals surface area contributed by atoms with Crippen molar-refractivity contribution < 1.29 is 9.47 Å². The molecule has 0 saturated carbocycles. The topological polar surface area (TPSA) is 70.3 Å². The number of hydrogen-bond donors (Lipinski definition) is 1. The van der Waals surface area contributed by atoms with Gasteiger partial charge in [-0.05, 0) is 12.1 Å². The molecule has 1 heterocycles. The zero-order valence-corrected chi connectivity index (χ0v) is 10.2. The normalized spacial score (nSPS) is 10.3. The number of rotatable bonds is 5. The average molecular weight is 245 g/mol. The Labute approximate surface area is 106 Å². The van der Waals surface area contributed by atoms with Gasteiger partial charge < -0.3 is 15.2 Å². The highest BCUT2D eigenvalue weighted by atomic mass is 16.5. The maximum atomic E-state index is 5.66. The Morgan fingerprint density at radius 2 is 2.00 bits per heavy atom. The van der Waals surface area contributed by atoms with E-state index in [1.165, 1.54) is 6.33 Å². The van der Waals surface area contributed by atoms with Gasteiger partial charge in [0.05, 0.1) is 12.3 Å². The molecule has 0 radical (unpaired) electrons. The summed E-state index contributed by atoms with van der Waals surface area (Å²) in [6.45, 7) is 1.04. The molecule has 18 heavy (non-hydrogen) atoms. The zero-order chi connectivity index (χ0) is 12.8. The molecule has 1 aromatic carbocycles. The highest BCUT2D eigenvalue weighted by molar-refractivity contribution is 5.68. The molecule has 1 aromatic heterocycles. The molecular weight excluding hydrogens is 230 g/mol. The van der Waals surface area contributed by atoms with Crippen molar-refractivity contribution in [1.29, 1.82) is 0 Å². The number of ether oxygens (including phenoxy) is 2. The first-order valence-corrected chi connectivity index (χ1v) is 5.60. The summed E-state index contributed by atoms with van der Waals surface area (Å²) in [5.74, 6) is 1.19. The summed E-state index contributed by atoms with van der Waals surface area (Å²) < 4.78 is 10.6. The van der Waals surface area contributed by atoms with Gasteiger partial charge >= 0.3 is 0 Å². The fraction of sp³-hybridized carbons (Fsp3) is 0.231. The van der Waals surface area contributed by atoms with Crippen LogP contribution < -0.4 is 10.5 Å². The molecule has 2 rings (SSSR count). The molecule has 0 bridgehead atoms. The standard InChI is InChI=1S/C13H15N3O2/c1-17-6-7-18-12-5-3-2-4-10(12)11-8-13(14)16-9-15-11/h2-5,8-9H,6-7H2,1H3,(H2,14,15,16). The highest BCUT2D eigenvalue weighted by Gasteiger charge is 2.07. The minimum absolute atomic E-state index is 0.437. The van der Waals surface area contributed by atoms with E-state index in [1.807, 2.05) is 24.3 Å². The largest absolute Gasteiger partial charge is 0.490 e. The van der Waals surface area contributed by atoms with Gasteiger partial charge in [0.25, 0.3) is 0 Å². The SMILES string of the molecule is COCCOc1ccccc1-c1cc(N)ncn1. The third-order valence-corrected chi connectivity index (χ3v) is 2.40. The Balaban J connectivity index is 2.27. The molecular formula is C13H15N3O2. The van der Waals surface area contributed by atoms with E-state index in [1.54, 1.807) is 13.2 Å². The first-order chi connectivity index (χ1) is 8.81. The van der Waals surface area contributed by atoms with Crippen molar-refractivity contribution in [3.63, 3.8) is 0 Å². The lowest BCUT2D eigenvalue weighted by Gasteiger charge is -2.10. The van der Waals surface area contributed by atoms with Crippen molar-refractivity contribution in [1.82, 2.24) is 9.97 Å². The maximum Gasteiger partial charge on any atom is 0.128 e. The third kappa shape index (κ3) is 2.95. The molecule has 0 atom stereocenters. The fourth-order valence-corrected chi connectivity index (χ4v) is 1.56. The van der Waals surface area contributed by atoms with Crippen LogP contribution in [0.5, 0.6) is 5.75 Å². The maximum absolute atomic E-state index is 5.66. The van der Waals surface area contributed by atoms with Crippen LogP contribution >= 0.6 is 0 Å². The van der Waals surface area contributed by atoms with Gasteiger partial charge in [-0.2, -0.15) is 0 Å². The van der Waals surface area contributed by atoms with Gasteiger partial charge in [-0.3, -0.25) is 0 Å². The molecule has 94 valence electrons. The van der Waals surface area contributed by atoms with Gasteiger partial charge in [0.15, 0.2) is 0 Å². The molecule has 0 aliphatic carbocycles. The van der Waals surface area contributed by atoms with Crippen LogP contribution in [0.2, 0.25) is 0 Å². The van der Waals surface area contributed by atoms with Gasteiger partial charge in [0.2, 0.25) is 0 Å². The van der Waals surface area contributed by atoms with E-state index in [-0.39, 0.29) is 0 Å². The van der Waals surface area contributed by atoms with Crippen molar-refractivity contribution in [3.8, 4) is 17.0 Å². The number of methoxy groups -OCH3 is 1. The van der Waals surface area contributed by atoms with Crippen LogP contribution in [0.15, 0.2) is 36.7 Å². The number of anilines is 1. The number of nitrogens with two attached hydrogens (primary N) is 1. The first-order valence-electron chi connectivity index (χ1n) is 5.60. The van der Waals surface area contributed by atoms with Crippen molar-refractivity contribution in [2.24, 2.45) is 0 Å². The summed E-state index contributed by atoms with van der Waals surface area (Å²) in [6.07, 6.45) is 1.44. The second kappa shape index (κ2) is 5.97. The van der Waals surface area contributed by atoms with E-state index in [9.17, 15) is 0 Å². The smallest absolute Gasteiger partial charge is 0.128 e. The number of nitrogen functional groups attached to an aromatic ring is 1. The Kier molecular flexibility index (Phi) is 4.09. The van der Waals surface area contributed by atoms with Crippen LogP contribution in [0, 0.1) is 0 Å². The minimum atomic E-state index is 0.437. The van der Waals surface area contributed by atoms with Crippen LogP contribution in [0.3, 0.4) is 0 Å². The number of benzene rings is 1. The molecule has 0 fully saturated rings. The first kappa shape index (κ1) is 12.3. The van der Waals surface area contributed by atoms with Crippen LogP contribution in [0.25, 0.3) is 11.3 Å². The Morgan fingerprint density at radius 1 is 1.17 bits per heavy atom. The zero-order valence-electron chi connectivity index (χ0n) is 10.2. The van der Waals surface area contributed by atoms with Crippen molar-refractivity contribution >= 4 is 5.82 Å². The molecule has 0 amide bonds. The summed E-state index contributed by atoms with van der Waals surface area (Å²) in [7, 11) is 1.64. The number of aromatic nitrogens is 2. The Morgan fingerprint density at radius 3 is 2.78 bits per heavy atom. The molecule has 0 aliphatic rings. The molecule has 0 spiro atoms. The third-order valence-electron chi connectivity index (χ3n) is 2.40. The monoisotopic (exact) mass is 245 g/mol. The van der Waals surface area contributed by atoms with Crippen LogP contribution in [-0.2, 0) is 4.74 Å². The van der Waals surface area contributed by atoms with E-state index < -0.39 is 0 Å². The molecule has 2 N–H and O–H groups in total. The summed E-state index contributed by atoms with van der Waals surface area (Å²) in [6, 6.07) is 9.39. The Hall–Kier alpha value is -2.14. The fourth-order valence-electron chi connectivity index (χ4n) is 1.56. The molecule has 2 aromatic rings. The second-order valence-corrected chi connectivity index (χ2v) is 3.67. The minimum Gasteiger partial charge on any atom is -0.490 e. The van der Waals surface area contributed by atoms with E-state index in [4.69, 9.17) is 15.2 Å². The van der Waals surface area contributed by atoms with Crippen molar-refractivity contribution in [3.05, 3.63) is 36.7 Å². The van der Waals surface area contributed by atoms with Gasteiger partial charge in [-0.15, -0.1) is 0 Å². The lowest BCUT2D eigenvalue weighted by Crippen LogP contribution is -2.05. The molecule has 5 nitrogen and oxygen atoms in total. The van der Waals surface area contributed by atoms with E-state index in [0.29, 0.717) is 19.0 Å². The second-order valence-electron chi connectivity index (χ2n) is 3.67. The van der Waals surface area contributed by atoms with Crippen LogP contribution in [0.1, 0.15) is 0 Å². The molecule has 0 saturated heterocycles. The average Bonchev–Trinajstić information content (AvgIpc) is 2.40. The summed E-state index contributed by atoms with van der Waals surface area (Å²) >= 11 is 0. The molecule has 5 heteroatoms. The van der Waals surface area contributed by atoms with Crippen LogP contribution in [-0.4, -0.2) is 30.3 Å². The summed E-state index contributed by atoms with van der Waals surface area (Å²) in [4.78, 5) is 8.07. The predicted octanol–water partition coefficient (Wildman–Crippen LogP) is 1.75. The van der Waals surface area contributed by atoms with Crippen molar-refractivity contribution in [2.75, 3.05) is 26.1 Å². The number of para-hydroxylation sites is 1. The number of nitrogens with zero attached hydrogens (tertiary/aromatic N) is 2. The van der Waals surface area contributed by atoms with Gasteiger partial charge in [0, 0.05) is 18.7 Å². The van der Waals surface area contributed by atoms with E-state index >= 15 is 0 Å². The van der Waals surface area contributed by atoms with E-state index in [2.05, 4.69) is 9.97 Å². The Bertz CT molecular complexity index is 517. The van der Waals surface area contributed by atoms with Gasteiger partial charge in [-0.1, -0.05) is 12.1 Å². The van der Waals surface area contributed by atoms with Crippen LogP contribution in [0.4, 0.5) is 5.82 Å². The molecule has 0 unspecified atom stereocenters. The summed E-state index contributed by atoms with van der Waals surface area (Å²) in [5, 5.41) is 0. The highest BCUT2D eigenvalue weighted by Crippen LogP contribution is 2.28. The number of hydrogen-bond acceptors (Lipinski definition) is 5. The van der Waals surface area contributed by atoms with Gasteiger partial charge in [-0.25, -0.2) is 9.97 Å². The quantitative estimate of drug-likeness (QED) is 0.813.